The molecule has 2 unspecified atom stereocenters. The molecule has 2 heterocycles. The highest BCUT2D eigenvalue weighted by Gasteiger charge is 2.35. The first-order valence-electron chi connectivity index (χ1n) is 10.6. The fraction of sp³-hybridized carbons (Fsp3) is 0.545. The van der Waals surface area contributed by atoms with Crippen LogP contribution in [0.3, 0.4) is 0 Å². The van der Waals surface area contributed by atoms with Crippen LogP contribution in [-0.2, 0) is 34.0 Å². The summed E-state index contributed by atoms with van der Waals surface area (Å²) in [7, 11) is -1.71. The minimum atomic E-state index is -3.34. The van der Waals surface area contributed by atoms with E-state index in [9.17, 15) is 8.42 Å². The number of aryl methyl sites for hydroxylation is 1. The molecule has 5 rings (SSSR count). The van der Waals surface area contributed by atoms with E-state index in [1.807, 2.05) is 6.07 Å². The topological polar surface area (TPSA) is 84.4 Å². The van der Waals surface area contributed by atoms with Gasteiger partial charge in [-0.3, -0.25) is 0 Å². The molecule has 0 amide bonds. The van der Waals surface area contributed by atoms with E-state index >= 15 is 0 Å². The maximum absolute atomic E-state index is 11.8. The number of nitrogens with one attached hydrogen (secondary N) is 1. The number of benzene rings is 1. The average Bonchev–Trinajstić information content (AvgIpc) is 3.29. The predicted octanol–water partition coefficient (Wildman–Crippen LogP) is 2.39. The van der Waals surface area contributed by atoms with Crippen LogP contribution in [-0.4, -0.2) is 50.4 Å². The first kappa shape index (κ1) is 19.9. The molecular weight excluding hydrogens is 400 g/mol. The molecule has 1 N–H and O–H groups in total. The quantitative estimate of drug-likeness (QED) is 0.787. The van der Waals surface area contributed by atoms with Crippen molar-refractivity contribution in [3.8, 4) is 11.3 Å². The van der Waals surface area contributed by atoms with E-state index in [0.29, 0.717) is 12.5 Å². The monoisotopic (exact) mass is 428 g/mol. The lowest BCUT2D eigenvalue weighted by molar-refractivity contribution is 0.0860. The molecule has 2 aromatic rings. The molecule has 1 saturated heterocycles. The molecule has 160 valence electrons. The second-order valence-corrected chi connectivity index (χ2v) is 10.5. The van der Waals surface area contributed by atoms with Gasteiger partial charge in [-0.15, -0.1) is 0 Å². The smallest absolute Gasteiger partial charge is 0.226 e. The molecule has 1 fully saturated rings. The van der Waals surface area contributed by atoms with E-state index in [2.05, 4.69) is 28.7 Å². The highest BCUT2D eigenvalue weighted by atomic mass is 32.2. The fourth-order valence-corrected chi connectivity index (χ4v) is 5.70. The van der Waals surface area contributed by atoms with Crippen LogP contribution in [0.1, 0.15) is 48.2 Å². The number of ether oxygens (including phenoxy) is 1. The summed E-state index contributed by atoms with van der Waals surface area (Å²) in [6.45, 7) is 3.23. The third-order valence-electron chi connectivity index (χ3n) is 6.69. The normalized spacial score (nSPS) is 25.2. The minimum absolute atomic E-state index is 0.210. The van der Waals surface area contributed by atoms with Crippen molar-refractivity contribution in [2.24, 2.45) is 0 Å². The van der Waals surface area contributed by atoms with Crippen molar-refractivity contribution in [1.29, 1.82) is 0 Å². The Kier molecular flexibility index (Phi) is 4.83. The highest BCUT2D eigenvalue weighted by Crippen LogP contribution is 2.39. The SMILES string of the molecule is COC1Cc2cc(-c3nc(N4CC[C@@H]4C)nc4c3CCC4)ccc2C1NS(C)(=O)=O. The molecule has 0 bridgehead atoms. The van der Waals surface area contributed by atoms with Crippen LogP contribution in [0, 0.1) is 0 Å². The summed E-state index contributed by atoms with van der Waals surface area (Å²) in [5.74, 6) is 0.844. The fourth-order valence-electron chi connectivity index (χ4n) is 4.96. The van der Waals surface area contributed by atoms with Gasteiger partial charge in [-0.25, -0.2) is 23.1 Å². The van der Waals surface area contributed by atoms with Crippen LogP contribution in [0.15, 0.2) is 18.2 Å². The van der Waals surface area contributed by atoms with Crippen LogP contribution in [0.2, 0.25) is 0 Å². The Morgan fingerprint density at radius 2 is 2.07 bits per heavy atom. The second-order valence-electron chi connectivity index (χ2n) is 8.74. The van der Waals surface area contributed by atoms with Gasteiger partial charge in [0.25, 0.3) is 0 Å². The molecule has 7 nitrogen and oxygen atoms in total. The van der Waals surface area contributed by atoms with Gasteiger partial charge < -0.3 is 9.64 Å². The van der Waals surface area contributed by atoms with Gasteiger partial charge in [0.05, 0.1) is 24.1 Å². The van der Waals surface area contributed by atoms with Crippen molar-refractivity contribution in [3.63, 3.8) is 0 Å². The van der Waals surface area contributed by atoms with Crippen LogP contribution >= 0.6 is 0 Å². The largest absolute Gasteiger partial charge is 0.379 e. The van der Waals surface area contributed by atoms with Crippen LogP contribution < -0.4 is 9.62 Å². The summed E-state index contributed by atoms with van der Waals surface area (Å²) >= 11 is 0. The van der Waals surface area contributed by atoms with Crippen molar-refractivity contribution in [3.05, 3.63) is 40.6 Å². The predicted molar refractivity (Wildman–Crippen MR) is 116 cm³/mol. The van der Waals surface area contributed by atoms with Crippen LogP contribution in [0.5, 0.6) is 0 Å². The van der Waals surface area contributed by atoms with E-state index in [1.54, 1.807) is 7.11 Å². The lowest BCUT2D eigenvalue weighted by Gasteiger charge is -2.39. The van der Waals surface area contributed by atoms with Gasteiger partial charge in [0.1, 0.15) is 0 Å². The van der Waals surface area contributed by atoms with Crippen molar-refractivity contribution in [2.75, 3.05) is 24.8 Å². The van der Waals surface area contributed by atoms with E-state index in [1.165, 1.54) is 23.9 Å². The van der Waals surface area contributed by atoms with Crippen molar-refractivity contribution in [1.82, 2.24) is 14.7 Å². The molecule has 1 aromatic heterocycles. The van der Waals surface area contributed by atoms with Crippen molar-refractivity contribution >= 4 is 16.0 Å². The Labute approximate surface area is 177 Å². The number of methoxy groups -OCH3 is 1. The molecule has 0 saturated carbocycles. The third kappa shape index (κ3) is 3.40. The van der Waals surface area contributed by atoms with Crippen molar-refractivity contribution < 1.29 is 13.2 Å². The lowest BCUT2D eigenvalue weighted by atomic mass is 9.99. The zero-order valence-electron chi connectivity index (χ0n) is 17.7. The highest BCUT2D eigenvalue weighted by molar-refractivity contribution is 7.88. The van der Waals surface area contributed by atoms with Crippen molar-refractivity contribution in [2.45, 2.75) is 57.2 Å². The van der Waals surface area contributed by atoms with Gasteiger partial charge in [0.2, 0.25) is 16.0 Å². The lowest BCUT2D eigenvalue weighted by Crippen LogP contribution is -2.46. The first-order chi connectivity index (χ1) is 14.3. The number of rotatable bonds is 5. The molecule has 2 aliphatic carbocycles. The summed E-state index contributed by atoms with van der Waals surface area (Å²) in [6, 6.07) is 6.39. The van der Waals surface area contributed by atoms with Crippen LogP contribution in [0.4, 0.5) is 5.95 Å². The van der Waals surface area contributed by atoms with Gasteiger partial charge in [-0.1, -0.05) is 12.1 Å². The molecule has 8 heteroatoms. The second kappa shape index (κ2) is 7.28. The summed E-state index contributed by atoms with van der Waals surface area (Å²) in [5.41, 5.74) is 6.66. The summed E-state index contributed by atoms with van der Waals surface area (Å²) in [5, 5.41) is 0. The number of nitrogens with zero attached hydrogens (tertiary/aromatic N) is 3. The Balaban J connectivity index is 1.55. The number of anilines is 1. The summed E-state index contributed by atoms with van der Waals surface area (Å²) in [4.78, 5) is 12.2. The Bertz CT molecular complexity index is 1100. The summed E-state index contributed by atoms with van der Waals surface area (Å²) in [6.07, 6.45) is 5.98. The molecule has 0 spiro atoms. The van der Waals surface area contributed by atoms with Gasteiger partial charge in [0.15, 0.2) is 0 Å². The van der Waals surface area contributed by atoms with Gasteiger partial charge in [-0.05, 0) is 49.8 Å². The number of fused-ring (bicyclic) bond motifs is 2. The molecule has 1 aliphatic heterocycles. The van der Waals surface area contributed by atoms with E-state index in [0.717, 1.165) is 54.1 Å². The van der Waals surface area contributed by atoms with E-state index < -0.39 is 10.0 Å². The Hall–Kier alpha value is -2.03. The van der Waals surface area contributed by atoms with Gasteiger partial charge >= 0.3 is 0 Å². The number of sulfonamides is 1. The average molecular weight is 429 g/mol. The Morgan fingerprint density at radius 3 is 2.73 bits per heavy atom. The third-order valence-corrected chi connectivity index (χ3v) is 7.37. The molecule has 1 aromatic carbocycles. The zero-order valence-corrected chi connectivity index (χ0v) is 18.5. The maximum atomic E-state index is 11.8. The number of hydrogen-bond acceptors (Lipinski definition) is 6. The molecule has 3 aliphatic rings. The standard InChI is InChI=1S/C22H28N4O3S/c1-13-9-10-26(13)22-23-18-6-4-5-17(18)20(24-22)14-7-8-16-15(11-14)12-19(29-2)21(16)25-30(3,27)28/h7-8,11,13,19,21,25H,4-6,9-10,12H2,1-3H3/t13-,19?,21?/m0/s1. The zero-order chi connectivity index (χ0) is 21.0. The van der Waals surface area contributed by atoms with Gasteiger partial charge in [0, 0.05) is 42.9 Å². The molecule has 0 radical (unpaired) electrons. The first-order valence-corrected chi connectivity index (χ1v) is 12.5. The summed E-state index contributed by atoms with van der Waals surface area (Å²) < 4.78 is 32.0. The maximum Gasteiger partial charge on any atom is 0.226 e. The molecule has 3 atom stereocenters. The van der Waals surface area contributed by atoms with Crippen LogP contribution in [0.25, 0.3) is 11.3 Å². The van der Waals surface area contributed by atoms with Gasteiger partial charge in [-0.2, -0.15) is 0 Å². The molecular formula is C22H28N4O3S. The van der Waals surface area contributed by atoms with E-state index in [-0.39, 0.29) is 12.1 Å². The molecule has 30 heavy (non-hydrogen) atoms. The number of hydrogen-bond donors (Lipinski definition) is 1. The minimum Gasteiger partial charge on any atom is -0.379 e. The number of aromatic nitrogens is 2. The Morgan fingerprint density at radius 1 is 1.23 bits per heavy atom. The van der Waals surface area contributed by atoms with E-state index in [4.69, 9.17) is 14.7 Å².